The Hall–Kier alpha value is -1.16. The van der Waals surface area contributed by atoms with Crippen LogP contribution in [-0.4, -0.2) is 19.5 Å². The first-order chi connectivity index (χ1) is 6.22. The fourth-order valence-corrected chi connectivity index (χ4v) is 1.52. The Balaban J connectivity index is 2.79. The maximum absolute atomic E-state index is 5.98. The molecule has 0 N–H and O–H groups in total. The van der Waals surface area contributed by atoms with Gasteiger partial charge in [-0.15, -0.1) is 0 Å². The molecule has 0 atom stereocenters. The molecule has 5 heteroatoms. The lowest BCUT2D eigenvalue weighted by molar-refractivity contribution is 0.931. The molecule has 2 aromatic heterocycles. The summed E-state index contributed by atoms with van der Waals surface area (Å²) < 4.78 is 1.82. The molecule has 0 radical (unpaired) electrons. The van der Waals surface area contributed by atoms with Crippen LogP contribution in [0.15, 0.2) is 6.33 Å². The van der Waals surface area contributed by atoms with Gasteiger partial charge in [0.2, 0.25) is 0 Å². The highest BCUT2D eigenvalue weighted by Gasteiger charge is 2.08. The zero-order chi connectivity index (χ0) is 9.42. The Morgan fingerprint density at radius 3 is 2.92 bits per heavy atom. The first-order valence-corrected chi connectivity index (χ1v) is 4.43. The number of nitrogens with zero attached hydrogens (tertiary/aromatic N) is 4. The van der Waals surface area contributed by atoms with E-state index in [-0.39, 0.29) is 0 Å². The fourth-order valence-electron chi connectivity index (χ4n) is 1.21. The van der Waals surface area contributed by atoms with Gasteiger partial charge in [-0.1, -0.05) is 18.5 Å². The van der Waals surface area contributed by atoms with E-state index in [4.69, 9.17) is 11.6 Å². The SMILES string of the molecule is CCc1nc(Cl)c2c(ncn2C)n1. The molecule has 2 heterocycles. The molecule has 4 nitrogen and oxygen atoms in total. The van der Waals surface area contributed by atoms with Gasteiger partial charge in [0, 0.05) is 13.5 Å². The van der Waals surface area contributed by atoms with Crippen LogP contribution in [-0.2, 0) is 13.5 Å². The van der Waals surface area contributed by atoms with E-state index in [1.807, 2.05) is 18.5 Å². The van der Waals surface area contributed by atoms with Crippen molar-refractivity contribution in [3.05, 3.63) is 17.3 Å². The van der Waals surface area contributed by atoms with Crippen LogP contribution in [0.1, 0.15) is 12.7 Å². The summed E-state index contributed by atoms with van der Waals surface area (Å²) >= 11 is 5.98. The molecule has 0 bridgehead atoms. The van der Waals surface area contributed by atoms with E-state index in [1.54, 1.807) is 6.33 Å². The van der Waals surface area contributed by atoms with Crippen molar-refractivity contribution in [3.8, 4) is 0 Å². The van der Waals surface area contributed by atoms with Crippen molar-refractivity contribution in [2.24, 2.45) is 7.05 Å². The van der Waals surface area contributed by atoms with E-state index in [9.17, 15) is 0 Å². The first kappa shape index (κ1) is 8.44. The van der Waals surface area contributed by atoms with E-state index >= 15 is 0 Å². The quantitative estimate of drug-likeness (QED) is 0.651. The van der Waals surface area contributed by atoms with Gasteiger partial charge >= 0.3 is 0 Å². The third-order valence-electron chi connectivity index (χ3n) is 1.89. The summed E-state index contributed by atoms with van der Waals surface area (Å²) in [5.41, 5.74) is 1.46. The molecule has 0 amide bonds. The Kier molecular flexibility index (Phi) is 1.92. The third-order valence-corrected chi connectivity index (χ3v) is 2.16. The van der Waals surface area contributed by atoms with Crippen LogP contribution in [0, 0.1) is 0 Å². The second-order valence-corrected chi connectivity index (χ2v) is 3.17. The highest BCUT2D eigenvalue weighted by atomic mass is 35.5. The van der Waals surface area contributed by atoms with Crippen LogP contribution in [0.25, 0.3) is 11.2 Å². The molecule has 0 fully saturated rings. The normalized spacial score (nSPS) is 11.0. The first-order valence-electron chi connectivity index (χ1n) is 4.05. The summed E-state index contributed by atoms with van der Waals surface area (Å²) in [7, 11) is 1.87. The predicted octanol–water partition coefficient (Wildman–Crippen LogP) is 1.58. The largest absolute Gasteiger partial charge is 0.330 e. The van der Waals surface area contributed by atoms with Crippen LogP contribution in [0.4, 0.5) is 0 Å². The number of aryl methyl sites for hydroxylation is 2. The monoisotopic (exact) mass is 196 g/mol. The second kappa shape index (κ2) is 2.96. The fraction of sp³-hybridized carbons (Fsp3) is 0.375. The number of rotatable bonds is 1. The van der Waals surface area contributed by atoms with E-state index in [0.717, 1.165) is 17.8 Å². The Labute approximate surface area is 80.6 Å². The molecule has 0 aromatic carbocycles. The van der Waals surface area contributed by atoms with Gasteiger partial charge in [0.25, 0.3) is 0 Å². The summed E-state index contributed by atoms with van der Waals surface area (Å²) in [6.07, 6.45) is 2.46. The van der Waals surface area contributed by atoms with E-state index in [2.05, 4.69) is 15.0 Å². The zero-order valence-corrected chi connectivity index (χ0v) is 8.21. The summed E-state index contributed by atoms with van der Waals surface area (Å²) in [6.45, 7) is 1.99. The van der Waals surface area contributed by atoms with Gasteiger partial charge in [-0.05, 0) is 0 Å². The molecule has 2 rings (SSSR count). The second-order valence-electron chi connectivity index (χ2n) is 2.81. The zero-order valence-electron chi connectivity index (χ0n) is 7.45. The molecule has 68 valence electrons. The van der Waals surface area contributed by atoms with Crippen molar-refractivity contribution in [2.45, 2.75) is 13.3 Å². The molecule has 0 saturated heterocycles. The minimum atomic E-state index is 0.474. The van der Waals surface area contributed by atoms with E-state index < -0.39 is 0 Å². The number of hydrogen-bond donors (Lipinski definition) is 0. The Morgan fingerprint density at radius 1 is 1.46 bits per heavy atom. The Morgan fingerprint density at radius 2 is 2.23 bits per heavy atom. The highest BCUT2D eigenvalue weighted by molar-refractivity contribution is 6.33. The van der Waals surface area contributed by atoms with Crippen LogP contribution < -0.4 is 0 Å². The minimum absolute atomic E-state index is 0.474. The van der Waals surface area contributed by atoms with Gasteiger partial charge in [-0.2, -0.15) is 0 Å². The molecule has 13 heavy (non-hydrogen) atoms. The number of fused-ring (bicyclic) bond motifs is 1. The molecular formula is C8H9ClN4. The summed E-state index contributed by atoms with van der Waals surface area (Å²) in [6, 6.07) is 0. The van der Waals surface area contributed by atoms with E-state index in [0.29, 0.717) is 10.8 Å². The van der Waals surface area contributed by atoms with Gasteiger partial charge in [0.1, 0.15) is 11.3 Å². The number of imidazole rings is 1. The third kappa shape index (κ3) is 1.27. The van der Waals surface area contributed by atoms with Crippen LogP contribution in [0.2, 0.25) is 5.15 Å². The highest BCUT2D eigenvalue weighted by Crippen LogP contribution is 2.18. The maximum atomic E-state index is 5.98. The maximum Gasteiger partial charge on any atom is 0.182 e. The minimum Gasteiger partial charge on any atom is -0.330 e. The average molecular weight is 197 g/mol. The summed E-state index contributed by atoms with van der Waals surface area (Å²) in [4.78, 5) is 12.5. The lowest BCUT2D eigenvalue weighted by atomic mass is 10.4. The number of aromatic nitrogens is 4. The lowest BCUT2D eigenvalue weighted by Gasteiger charge is -1.98. The molecule has 2 aromatic rings. The van der Waals surface area contributed by atoms with Crippen LogP contribution in [0.5, 0.6) is 0 Å². The molecule has 0 aliphatic heterocycles. The average Bonchev–Trinajstić information content (AvgIpc) is 2.48. The predicted molar refractivity (Wildman–Crippen MR) is 50.7 cm³/mol. The van der Waals surface area contributed by atoms with Crippen molar-refractivity contribution < 1.29 is 0 Å². The molecule has 0 spiro atoms. The van der Waals surface area contributed by atoms with Crippen molar-refractivity contribution in [2.75, 3.05) is 0 Å². The van der Waals surface area contributed by atoms with E-state index in [1.165, 1.54) is 0 Å². The number of halogens is 1. The van der Waals surface area contributed by atoms with Gasteiger partial charge < -0.3 is 4.57 Å². The smallest absolute Gasteiger partial charge is 0.182 e. The van der Waals surface area contributed by atoms with Gasteiger partial charge in [0.15, 0.2) is 10.8 Å². The number of hydrogen-bond acceptors (Lipinski definition) is 3. The molecule has 0 aliphatic rings. The molecule has 0 unspecified atom stereocenters. The van der Waals surface area contributed by atoms with Crippen molar-refractivity contribution in [1.29, 1.82) is 0 Å². The molecule has 0 saturated carbocycles. The standard InChI is InChI=1S/C8H9ClN4/c1-3-5-11-7(9)6-8(12-5)10-4-13(6)2/h4H,3H2,1-2H3. The van der Waals surface area contributed by atoms with Crippen molar-refractivity contribution in [3.63, 3.8) is 0 Å². The summed E-state index contributed by atoms with van der Waals surface area (Å²) in [5.74, 6) is 0.733. The molecule has 0 aliphatic carbocycles. The molecular weight excluding hydrogens is 188 g/mol. The summed E-state index contributed by atoms with van der Waals surface area (Å²) in [5, 5.41) is 0.474. The van der Waals surface area contributed by atoms with Gasteiger partial charge in [-0.25, -0.2) is 15.0 Å². The van der Waals surface area contributed by atoms with Crippen molar-refractivity contribution >= 4 is 22.8 Å². The van der Waals surface area contributed by atoms with Gasteiger partial charge in [0.05, 0.1) is 6.33 Å². The Bertz CT molecular complexity index is 449. The van der Waals surface area contributed by atoms with Crippen LogP contribution >= 0.6 is 11.6 Å². The van der Waals surface area contributed by atoms with Crippen LogP contribution in [0.3, 0.4) is 0 Å². The van der Waals surface area contributed by atoms with Crippen molar-refractivity contribution in [1.82, 2.24) is 19.5 Å². The lowest BCUT2D eigenvalue weighted by Crippen LogP contribution is -1.95. The topological polar surface area (TPSA) is 43.6 Å². The van der Waals surface area contributed by atoms with Gasteiger partial charge in [-0.3, -0.25) is 0 Å².